The van der Waals surface area contributed by atoms with Crippen molar-refractivity contribution >= 4 is 0 Å². The zero-order valence-electron chi connectivity index (χ0n) is 14.8. The van der Waals surface area contributed by atoms with Gasteiger partial charge < -0.3 is 10.5 Å². The zero-order valence-corrected chi connectivity index (χ0v) is 14.8. The third-order valence-electron chi connectivity index (χ3n) is 4.32. The van der Waals surface area contributed by atoms with E-state index in [4.69, 9.17) is 10.5 Å². The average Bonchev–Trinajstić information content (AvgIpc) is 2.53. The molecule has 2 aromatic carbocycles. The molecule has 2 nitrogen and oxygen atoms in total. The fraction of sp³-hybridized carbons (Fsp3) is 0.429. The van der Waals surface area contributed by atoms with Crippen LogP contribution >= 0.6 is 0 Å². The highest BCUT2D eigenvalue weighted by atomic mass is 16.5. The molecule has 124 valence electrons. The predicted molar refractivity (Wildman–Crippen MR) is 98.0 cm³/mol. The van der Waals surface area contributed by atoms with E-state index in [9.17, 15) is 0 Å². The molecule has 1 unspecified atom stereocenters. The van der Waals surface area contributed by atoms with Gasteiger partial charge in [-0.05, 0) is 55.0 Å². The Hall–Kier alpha value is -1.80. The summed E-state index contributed by atoms with van der Waals surface area (Å²) in [6.45, 7) is 9.44. The highest BCUT2D eigenvalue weighted by Gasteiger charge is 2.11. The number of hydrogen-bond donors (Lipinski definition) is 1. The van der Waals surface area contributed by atoms with Crippen molar-refractivity contribution in [1.82, 2.24) is 0 Å². The largest absolute Gasteiger partial charge is 0.493 e. The number of hydrogen-bond acceptors (Lipinski definition) is 2. The number of nitrogens with two attached hydrogens (primary N) is 1. The molecule has 23 heavy (non-hydrogen) atoms. The number of benzene rings is 2. The molecule has 2 heteroatoms. The minimum Gasteiger partial charge on any atom is -0.493 e. The third kappa shape index (κ3) is 4.84. The SMILES string of the molecule is CCC[C@@H](C)COc1ccc(C(N)c2ccc(C)cc2C)cc1. The average molecular weight is 311 g/mol. The standard InChI is InChI=1S/C21H29NO/c1-5-6-16(3)14-23-19-10-8-18(9-11-19)21(22)20-12-7-15(2)13-17(20)4/h7-13,16,21H,5-6,14,22H2,1-4H3/t16-,21?/m1/s1. The third-order valence-corrected chi connectivity index (χ3v) is 4.32. The summed E-state index contributed by atoms with van der Waals surface area (Å²) in [4.78, 5) is 0. The van der Waals surface area contributed by atoms with Gasteiger partial charge in [0.1, 0.15) is 5.75 Å². The second-order valence-corrected chi connectivity index (χ2v) is 6.61. The lowest BCUT2D eigenvalue weighted by molar-refractivity contribution is 0.251. The van der Waals surface area contributed by atoms with Gasteiger partial charge in [-0.25, -0.2) is 0 Å². The maximum absolute atomic E-state index is 6.44. The topological polar surface area (TPSA) is 35.2 Å². The Morgan fingerprint density at radius 1 is 1.04 bits per heavy atom. The fourth-order valence-corrected chi connectivity index (χ4v) is 2.94. The highest BCUT2D eigenvalue weighted by Crippen LogP contribution is 2.25. The van der Waals surface area contributed by atoms with Crippen molar-refractivity contribution in [1.29, 1.82) is 0 Å². The van der Waals surface area contributed by atoms with Crippen molar-refractivity contribution in [3.63, 3.8) is 0 Å². The van der Waals surface area contributed by atoms with Crippen molar-refractivity contribution in [2.75, 3.05) is 6.61 Å². The van der Waals surface area contributed by atoms with E-state index >= 15 is 0 Å². The van der Waals surface area contributed by atoms with E-state index in [1.54, 1.807) is 0 Å². The van der Waals surface area contributed by atoms with Crippen LogP contribution in [0.15, 0.2) is 42.5 Å². The van der Waals surface area contributed by atoms with E-state index < -0.39 is 0 Å². The monoisotopic (exact) mass is 311 g/mol. The van der Waals surface area contributed by atoms with Crippen LogP contribution in [0.4, 0.5) is 0 Å². The molecule has 0 aliphatic heterocycles. The highest BCUT2D eigenvalue weighted by molar-refractivity contribution is 5.40. The first-order valence-corrected chi connectivity index (χ1v) is 8.56. The molecule has 0 spiro atoms. The van der Waals surface area contributed by atoms with E-state index in [1.807, 2.05) is 12.1 Å². The van der Waals surface area contributed by atoms with E-state index in [0.29, 0.717) is 5.92 Å². The molecule has 2 aromatic rings. The van der Waals surface area contributed by atoms with E-state index in [1.165, 1.54) is 29.5 Å². The van der Waals surface area contributed by atoms with Crippen LogP contribution < -0.4 is 10.5 Å². The molecule has 2 atom stereocenters. The Bertz CT molecular complexity index is 618. The quantitative estimate of drug-likeness (QED) is 0.766. The summed E-state index contributed by atoms with van der Waals surface area (Å²) in [6, 6.07) is 14.5. The van der Waals surface area contributed by atoms with Crippen molar-refractivity contribution in [3.05, 3.63) is 64.7 Å². The molecule has 0 bridgehead atoms. The van der Waals surface area contributed by atoms with Gasteiger partial charge >= 0.3 is 0 Å². The second-order valence-electron chi connectivity index (χ2n) is 6.61. The Morgan fingerprint density at radius 2 is 1.74 bits per heavy atom. The maximum atomic E-state index is 6.44. The molecule has 0 saturated carbocycles. The van der Waals surface area contributed by atoms with Gasteiger partial charge in [-0.15, -0.1) is 0 Å². The van der Waals surface area contributed by atoms with Crippen LogP contribution in [0.5, 0.6) is 5.75 Å². The number of aryl methyl sites for hydroxylation is 2. The summed E-state index contributed by atoms with van der Waals surface area (Å²) in [5.74, 6) is 1.52. The van der Waals surface area contributed by atoms with Crippen LogP contribution in [0.3, 0.4) is 0 Å². The van der Waals surface area contributed by atoms with Gasteiger partial charge in [0.15, 0.2) is 0 Å². The number of ether oxygens (including phenoxy) is 1. The summed E-state index contributed by atoms with van der Waals surface area (Å²) in [5.41, 5.74) is 11.2. The van der Waals surface area contributed by atoms with Crippen molar-refractivity contribution < 1.29 is 4.74 Å². The lowest BCUT2D eigenvalue weighted by Crippen LogP contribution is -2.13. The maximum Gasteiger partial charge on any atom is 0.119 e. The molecule has 0 saturated heterocycles. The smallest absolute Gasteiger partial charge is 0.119 e. The summed E-state index contributed by atoms with van der Waals surface area (Å²) >= 11 is 0. The molecule has 0 aliphatic carbocycles. The van der Waals surface area contributed by atoms with Crippen LogP contribution in [0.2, 0.25) is 0 Å². The Morgan fingerprint density at radius 3 is 2.35 bits per heavy atom. The van der Waals surface area contributed by atoms with Crippen LogP contribution in [0.25, 0.3) is 0 Å². The molecule has 0 amide bonds. The van der Waals surface area contributed by atoms with Gasteiger partial charge in [0.05, 0.1) is 12.6 Å². The van der Waals surface area contributed by atoms with Crippen LogP contribution in [0.1, 0.15) is 55.0 Å². The van der Waals surface area contributed by atoms with Gasteiger partial charge in [-0.1, -0.05) is 56.2 Å². The predicted octanol–water partition coefficient (Wildman–Crippen LogP) is 5.17. The van der Waals surface area contributed by atoms with Crippen molar-refractivity contribution in [2.45, 2.75) is 46.6 Å². The summed E-state index contributed by atoms with van der Waals surface area (Å²) in [6.07, 6.45) is 2.41. The number of rotatable bonds is 7. The van der Waals surface area contributed by atoms with E-state index in [-0.39, 0.29) is 6.04 Å². The van der Waals surface area contributed by atoms with E-state index in [2.05, 4.69) is 58.0 Å². The Kier molecular flexibility index (Phi) is 6.23. The molecule has 0 heterocycles. The summed E-state index contributed by atoms with van der Waals surface area (Å²) in [5, 5.41) is 0. The van der Waals surface area contributed by atoms with Gasteiger partial charge in [0.25, 0.3) is 0 Å². The first-order valence-electron chi connectivity index (χ1n) is 8.56. The Balaban J connectivity index is 2.03. The first-order chi connectivity index (χ1) is 11.0. The first kappa shape index (κ1) is 17.6. The zero-order chi connectivity index (χ0) is 16.8. The fourth-order valence-electron chi connectivity index (χ4n) is 2.94. The van der Waals surface area contributed by atoms with Gasteiger partial charge in [0, 0.05) is 0 Å². The van der Waals surface area contributed by atoms with Crippen molar-refractivity contribution in [2.24, 2.45) is 11.7 Å². The van der Waals surface area contributed by atoms with Gasteiger partial charge in [-0.2, -0.15) is 0 Å². The molecule has 2 rings (SSSR count). The summed E-state index contributed by atoms with van der Waals surface area (Å²) in [7, 11) is 0. The van der Waals surface area contributed by atoms with Crippen LogP contribution in [0, 0.1) is 19.8 Å². The second kappa shape index (κ2) is 8.16. The van der Waals surface area contributed by atoms with Crippen LogP contribution in [-0.4, -0.2) is 6.61 Å². The molecule has 2 N–H and O–H groups in total. The molecular weight excluding hydrogens is 282 g/mol. The van der Waals surface area contributed by atoms with Crippen LogP contribution in [-0.2, 0) is 0 Å². The van der Waals surface area contributed by atoms with Crippen molar-refractivity contribution in [3.8, 4) is 5.75 Å². The summed E-state index contributed by atoms with van der Waals surface area (Å²) < 4.78 is 5.86. The molecule has 0 fully saturated rings. The molecule has 0 aliphatic rings. The normalized spacial score (nSPS) is 13.6. The lowest BCUT2D eigenvalue weighted by Gasteiger charge is -2.17. The van der Waals surface area contributed by atoms with Gasteiger partial charge in [-0.3, -0.25) is 0 Å². The lowest BCUT2D eigenvalue weighted by atomic mass is 9.94. The Labute approximate surface area is 140 Å². The van der Waals surface area contributed by atoms with Gasteiger partial charge in [0.2, 0.25) is 0 Å². The molecule has 0 radical (unpaired) electrons. The minimum absolute atomic E-state index is 0.0938. The molecule has 0 aromatic heterocycles. The van der Waals surface area contributed by atoms with E-state index in [0.717, 1.165) is 17.9 Å². The minimum atomic E-state index is -0.0938. The molecular formula is C21H29NO.